The number of nitrogens with zero attached hydrogens (tertiary/aromatic N) is 4. The normalized spacial score (nSPS) is 13.4. The molecule has 2 heterocycles. The van der Waals surface area contributed by atoms with Gasteiger partial charge in [0.15, 0.2) is 0 Å². The fourth-order valence-corrected chi connectivity index (χ4v) is 3.06. The average Bonchev–Trinajstić information content (AvgIpc) is 2.90. The Kier molecular flexibility index (Phi) is 3.15. The molecule has 4 heteroatoms. The topological polar surface area (TPSA) is 34.0 Å². The van der Waals surface area contributed by atoms with Crippen molar-refractivity contribution in [2.75, 3.05) is 4.90 Å². The standard InChI is InChI=1S/C18H18N4/c1-14-6-2-3-7-15(14)11-21-13-17-10-19-20-22(17)12-16-8-4-5-9-18(16)21/h2-10H,11-13H2,1H3. The van der Waals surface area contributed by atoms with Gasteiger partial charge in [0, 0.05) is 12.2 Å². The molecular weight excluding hydrogens is 272 g/mol. The summed E-state index contributed by atoms with van der Waals surface area (Å²) >= 11 is 0. The van der Waals surface area contributed by atoms with Crippen molar-refractivity contribution in [2.24, 2.45) is 0 Å². The highest BCUT2D eigenvalue weighted by Crippen LogP contribution is 2.28. The molecule has 0 atom stereocenters. The number of benzene rings is 2. The third-order valence-corrected chi connectivity index (χ3v) is 4.33. The minimum absolute atomic E-state index is 0.787. The van der Waals surface area contributed by atoms with E-state index < -0.39 is 0 Å². The van der Waals surface area contributed by atoms with Crippen molar-refractivity contribution in [3.63, 3.8) is 0 Å². The van der Waals surface area contributed by atoms with Crippen molar-refractivity contribution in [3.05, 3.63) is 77.1 Å². The molecule has 4 nitrogen and oxygen atoms in total. The summed E-state index contributed by atoms with van der Waals surface area (Å²) in [6.07, 6.45) is 1.87. The van der Waals surface area contributed by atoms with Gasteiger partial charge in [-0.25, -0.2) is 4.68 Å². The molecule has 4 rings (SSSR count). The predicted octanol–water partition coefficient (Wildman–Crippen LogP) is 3.16. The molecule has 0 saturated carbocycles. The van der Waals surface area contributed by atoms with Crippen LogP contribution < -0.4 is 4.90 Å². The van der Waals surface area contributed by atoms with Crippen molar-refractivity contribution in [2.45, 2.75) is 26.6 Å². The van der Waals surface area contributed by atoms with E-state index in [1.807, 2.05) is 10.9 Å². The van der Waals surface area contributed by atoms with E-state index in [9.17, 15) is 0 Å². The molecule has 0 bridgehead atoms. The highest BCUT2D eigenvalue weighted by atomic mass is 15.4. The van der Waals surface area contributed by atoms with Gasteiger partial charge in [0.2, 0.25) is 0 Å². The van der Waals surface area contributed by atoms with Gasteiger partial charge < -0.3 is 4.90 Å². The second kappa shape index (κ2) is 5.30. The first-order chi connectivity index (χ1) is 10.8. The van der Waals surface area contributed by atoms with Crippen LogP contribution in [0.2, 0.25) is 0 Å². The zero-order chi connectivity index (χ0) is 14.9. The lowest BCUT2D eigenvalue weighted by Crippen LogP contribution is -2.22. The number of hydrogen-bond acceptors (Lipinski definition) is 3. The summed E-state index contributed by atoms with van der Waals surface area (Å²) in [5, 5.41) is 8.28. The Bertz CT molecular complexity index is 806. The molecule has 0 spiro atoms. The molecule has 110 valence electrons. The van der Waals surface area contributed by atoms with E-state index in [-0.39, 0.29) is 0 Å². The van der Waals surface area contributed by atoms with Gasteiger partial charge in [-0.05, 0) is 29.7 Å². The Morgan fingerprint density at radius 3 is 2.73 bits per heavy atom. The SMILES string of the molecule is Cc1ccccc1CN1Cc2cnnn2Cc2ccccc21. The number of anilines is 1. The lowest BCUT2D eigenvalue weighted by molar-refractivity contribution is 0.625. The van der Waals surface area contributed by atoms with E-state index >= 15 is 0 Å². The molecule has 1 aliphatic heterocycles. The van der Waals surface area contributed by atoms with Gasteiger partial charge in [-0.1, -0.05) is 47.7 Å². The predicted molar refractivity (Wildman–Crippen MR) is 86.6 cm³/mol. The molecule has 0 N–H and O–H groups in total. The maximum Gasteiger partial charge on any atom is 0.0784 e. The lowest BCUT2D eigenvalue weighted by atomic mass is 10.1. The molecule has 0 radical (unpaired) electrons. The van der Waals surface area contributed by atoms with Gasteiger partial charge in [-0.3, -0.25) is 0 Å². The summed E-state index contributed by atoms with van der Waals surface area (Å²) in [5.41, 5.74) is 6.43. The number of hydrogen-bond donors (Lipinski definition) is 0. The van der Waals surface area contributed by atoms with E-state index in [1.54, 1.807) is 0 Å². The summed E-state index contributed by atoms with van der Waals surface area (Å²) in [4.78, 5) is 2.42. The molecule has 2 aromatic carbocycles. The van der Waals surface area contributed by atoms with Gasteiger partial charge >= 0.3 is 0 Å². The van der Waals surface area contributed by atoms with Crippen LogP contribution in [0, 0.1) is 6.92 Å². The largest absolute Gasteiger partial charge is 0.361 e. The number of para-hydroxylation sites is 1. The van der Waals surface area contributed by atoms with Crippen LogP contribution in [-0.4, -0.2) is 15.0 Å². The van der Waals surface area contributed by atoms with Crippen LogP contribution in [0.1, 0.15) is 22.4 Å². The molecular formula is C18H18N4. The Labute approximate surface area is 130 Å². The third kappa shape index (κ3) is 2.26. The van der Waals surface area contributed by atoms with Crippen LogP contribution in [0.15, 0.2) is 54.7 Å². The van der Waals surface area contributed by atoms with Gasteiger partial charge in [-0.15, -0.1) is 5.10 Å². The van der Waals surface area contributed by atoms with Crippen molar-refractivity contribution in [3.8, 4) is 0 Å². The first-order valence-corrected chi connectivity index (χ1v) is 7.56. The molecule has 0 saturated heterocycles. The van der Waals surface area contributed by atoms with Gasteiger partial charge in [0.1, 0.15) is 0 Å². The van der Waals surface area contributed by atoms with Crippen molar-refractivity contribution in [1.29, 1.82) is 0 Å². The van der Waals surface area contributed by atoms with E-state index in [0.29, 0.717) is 0 Å². The molecule has 0 aliphatic carbocycles. The number of aromatic nitrogens is 3. The summed E-state index contributed by atoms with van der Waals surface area (Å²) in [6, 6.07) is 17.2. The monoisotopic (exact) mass is 290 g/mol. The number of rotatable bonds is 2. The second-order valence-electron chi connectivity index (χ2n) is 5.79. The number of fused-ring (bicyclic) bond motifs is 2. The molecule has 0 unspecified atom stereocenters. The van der Waals surface area contributed by atoms with Gasteiger partial charge in [0.05, 0.1) is 25.0 Å². The van der Waals surface area contributed by atoms with Crippen molar-refractivity contribution in [1.82, 2.24) is 15.0 Å². The summed E-state index contributed by atoms with van der Waals surface area (Å²) in [6.45, 7) is 4.69. The first kappa shape index (κ1) is 13.1. The molecule has 0 fully saturated rings. The second-order valence-corrected chi connectivity index (χ2v) is 5.79. The molecule has 3 aromatic rings. The summed E-state index contributed by atoms with van der Waals surface area (Å²) < 4.78 is 2.00. The zero-order valence-corrected chi connectivity index (χ0v) is 12.6. The van der Waals surface area contributed by atoms with Crippen LogP contribution in [0.4, 0.5) is 5.69 Å². The van der Waals surface area contributed by atoms with E-state index in [2.05, 4.69) is 70.7 Å². The van der Waals surface area contributed by atoms with Crippen LogP contribution in [-0.2, 0) is 19.6 Å². The quantitative estimate of drug-likeness (QED) is 0.727. The molecule has 1 aromatic heterocycles. The fourth-order valence-electron chi connectivity index (χ4n) is 3.06. The fraction of sp³-hybridized carbons (Fsp3) is 0.222. The minimum atomic E-state index is 0.787. The van der Waals surface area contributed by atoms with Crippen molar-refractivity contribution >= 4 is 5.69 Å². The summed E-state index contributed by atoms with van der Waals surface area (Å²) in [7, 11) is 0. The van der Waals surface area contributed by atoms with E-state index in [1.165, 1.54) is 22.4 Å². The number of aryl methyl sites for hydroxylation is 1. The Hall–Kier alpha value is -2.62. The van der Waals surface area contributed by atoms with Crippen molar-refractivity contribution < 1.29 is 0 Å². The van der Waals surface area contributed by atoms with Crippen LogP contribution >= 0.6 is 0 Å². The molecule has 1 aliphatic rings. The average molecular weight is 290 g/mol. The van der Waals surface area contributed by atoms with E-state index in [4.69, 9.17) is 0 Å². The Balaban J connectivity index is 1.76. The summed E-state index contributed by atoms with van der Waals surface area (Å²) in [5.74, 6) is 0. The zero-order valence-electron chi connectivity index (χ0n) is 12.6. The highest BCUT2D eigenvalue weighted by Gasteiger charge is 2.20. The maximum atomic E-state index is 4.21. The van der Waals surface area contributed by atoms with Crippen LogP contribution in [0.25, 0.3) is 0 Å². The molecule has 22 heavy (non-hydrogen) atoms. The maximum absolute atomic E-state index is 4.21. The minimum Gasteiger partial charge on any atom is -0.361 e. The highest BCUT2D eigenvalue weighted by molar-refractivity contribution is 5.55. The van der Waals surface area contributed by atoms with Crippen LogP contribution in [0.5, 0.6) is 0 Å². The van der Waals surface area contributed by atoms with Crippen LogP contribution in [0.3, 0.4) is 0 Å². The van der Waals surface area contributed by atoms with Gasteiger partial charge in [0.25, 0.3) is 0 Å². The first-order valence-electron chi connectivity index (χ1n) is 7.56. The lowest BCUT2D eigenvalue weighted by Gasteiger charge is -2.25. The molecule has 0 amide bonds. The Morgan fingerprint density at radius 2 is 1.82 bits per heavy atom. The van der Waals surface area contributed by atoms with E-state index in [0.717, 1.165) is 25.3 Å². The Morgan fingerprint density at radius 1 is 1.00 bits per heavy atom. The third-order valence-electron chi connectivity index (χ3n) is 4.33. The smallest absolute Gasteiger partial charge is 0.0784 e. The van der Waals surface area contributed by atoms with Gasteiger partial charge in [-0.2, -0.15) is 0 Å².